The van der Waals surface area contributed by atoms with Crippen LogP contribution in [0.25, 0.3) is 11.1 Å². The van der Waals surface area contributed by atoms with E-state index < -0.39 is 8.32 Å². The molecule has 174 valence electrons. The smallest absolute Gasteiger partial charge is 0.227 e. The van der Waals surface area contributed by atoms with Gasteiger partial charge in [-0.25, -0.2) is 0 Å². The fourth-order valence-corrected chi connectivity index (χ4v) is 4.67. The average Bonchev–Trinajstić information content (AvgIpc) is 2.72. The molecule has 0 radical (unpaired) electrons. The molecule has 0 bridgehead atoms. The van der Waals surface area contributed by atoms with E-state index in [9.17, 15) is 4.79 Å². The molecular weight excluding hydrogens is 414 g/mol. The Morgan fingerprint density at radius 1 is 1.12 bits per heavy atom. The lowest BCUT2D eigenvalue weighted by Crippen LogP contribution is -2.44. The SMILES string of the molecule is CC(C)[C@H](CO[Si](C)(C)C(C)(C)C)Nc1cncc(-c2ccc3c(c2)CCC(=O)N3C)c1. The monoisotopic (exact) mass is 453 g/mol. The number of aryl methyl sites for hydroxylation is 1. The van der Waals surface area contributed by atoms with Crippen molar-refractivity contribution in [3.63, 3.8) is 0 Å². The van der Waals surface area contributed by atoms with E-state index in [-0.39, 0.29) is 17.0 Å². The topological polar surface area (TPSA) is 54.5 Å². The molecule has 1 atom stereocenters. The summed E-state index contributed by atoms with van der Waals surface area (Å²) in [5, 5.41) is 3.87. The van der Waals surface area contributed by atoms with E-state index in [0.29, 0.717) is 18.9 Å². The van der Waals surface area contributed by atoms with Gasteiger partial charge in [0.25, 0.3) is 0 Å². The van der Waals surface area contributed by atoms with Crippen LogP contribution in [0.5, 0.6) is 0 Å². The van der Waals surface area contributed by atoms with Crippen molar-refractivity contribution in [2.24, 2.45) is 5.92 Å². The first-order valence-electron chi connectivity index (χ1n) is 11.6. The van der Waals surface area contributed by atoms with Gasteiger partial charge >= 0.3 is 0 Å². The molecule has 1 amide bonds. The molecule has 0 fully saturated rings. The summed E-state index contributed by atoms with van der Waals surface area (Å²) in [4.78, 5) is 18.2. The summed E-state index contributed by atoms with van der Waals surface area (Å²) < 4.78 is 6.51. The second kappa shape index (κ2) is 9.36. The third-order valence-corrected chi connectivity index (χ3v) is 11.6. The fraction of sp³-hybridized carbons (Fsp3) is 0.538. The van der Waals surface area contributed by atoms with Gasteiger partial charge in [-0.05, 0) is 59.8 Å². The normalized spacial score (nSPS) is 15.7. The second-order valence-corrected chi connectivity index (χ2v) is 15.6. The molecule has 6 heteroatoms. The van der Waals surface area contributed by atoms with E-state index >= 15 is 0 Å². The van der Waals surface area contributed by atoms with Crippen LogP contribution in [0.15, 0.2) is 36.7 Å². The molecule has 3 rings (SSSR count). The summed E-state index contributed by atoms with van der Waals surface area (Å²) in [6, 6.07) is 8.69. The second-order valence-electron chi connectivity index (χ2n) is 10.8. The average molecular weight is 454 g/mol. The number of nitrogens with one attached hydrogen (secondary N) is 1. The van der Waals surface area contributed by atoms with E-state index in [1.807, 2.05) is 25.5 Å². The van der Waals surface area contributed by atoms with Crippen molar-refractivity contribution in [3.8, 4) is 11.1 Å². The highest BCUT2D eigenvalue weighted by atomic mass is 28.4. The van der Waals surface area contributed by atoms with Crippen LogP contribution in [0.1, 0.15) is 46.6 Å². The summed E-state index contributed by atoms with van der Waals surface area (Å²) in [5.74, 6) is 0.609. The molecular formula is C26H39N3O2Si. The van der Waals surface area contributed by atoms with E-state index in [4.69, 9.17) is 4.43 Å². The number of nitrogens with zero attached hydrogens (tertiary/aromatic N) is 2. The third kappa shape index (κ3) is 5.41. The van der Waals surface area contributed by atoms with Crippen LogP contribution >= 0.6 is 0 Å². The number of fused-ring (bicyclic) bond motifs is 1. The van der Waals surface area contributed by atoms with Crippen LogP contribution in [0, 0.1) is 5.92 Å². The van der Waals surface area contributed by atoms with Crippen molar-refractivity contribution < 1.29 is 9.22 Å². The maximum absolute atomic E-state index is 12.0. The third-order valence-electron chi connectivity index (χ3n) is 7.08. The molecule has 1 aliphatic heterocycles. The summed E-state index contributed by atoms with van der Waals surface area (Å²) in [5.41, 5.74) is 5.43. The van der Waals surface area contributed by atoms with Crippen molar-refractivity contribution in [1.82, 2.24) is 4.98 Å². The minimum absolute atomic E-state index is 0.178. The molecule has 0 spiro atoms. The standard InChI is InChI=1S/C26H39N3O2Si/c1-18(2)23(17-31-32(7,8)26(3,4)5)28-22-14-21(15-27-16-22)19-9-11-24-20(13-19)10-12-25(30)29(24)6/h9,11,13-16,18,23,28H,10,12,17H2,1-8H3/t23-/m0/s1. The van der Waals surface area contributed by atoms with Gasteiger partial charge in [0.15, 0.2) is 8.32 Å². The Morgan fingerprint density at radius 2 is 1.84 bits per heavy atom. The highest BCUT2D eigenvalue weighted by Gasteiger charge is 2.37. The zero-order chi connectivity index (χ0) is 23.7. The summed E-state index contributed by atoms with van der Waals surface area (Å²) >= 11 is 0. The first kappa shape index (κ1) is 24.5. The molecule has 2 heterocycles. The van der Waals surface area contributed by atoms with Crippen LogP contribution in [-0.2, 0) is 15.6 Å². The predicted octanol–water partition coefficient (Wildman–Crippen LogP) is 6.12. The van der Waals surface area contributed by atoms with Crippen molar-refractivity contribution in [2.45, 2.75) is 71.6 Å². The number of aromatic nitrogens is 1. The first-order chi connectivity index (χ1) is 14.9. The lowest BCUT2D eigenvalue weighted by atomic mass is 9.96. The number of hydrogen-bond acceptors (Lipinski definition) is 4. The minimum Gasteiger partial charge on any atom is -0.415 e. The Hall–Kier alpha value is -2.18. The Kier molecular flexibility index (Phi) is 7.15. The van der Waals surface area contributed by atoms with Gasteiger partial charge in [0.1, 0.15) is 0 Å². The molecule has 5 nitrogen and oxygen atoms in total. The molecule has 1 aromatic carbocycles. The fourth-order valence-electron chi connectivity index (χ4n) is 3.64. The number of carbonyl (C=O) groups excluding carboxylic acids is 1. The van der Waals surface area contributed by atoms with Crippen molar-refractivity contribution in [3.05, 3.63) is 42.2 Å². The Balaban J connectivity index is 1.77. The predicted molar refractivity (Wildman–Crippen MR) is 137 cm³/mol. The molecule has 0 unspecified atom stereocenters. The van der Waals surface area contributed by atoms with Gasteiger partial charge in [0.05, 0.1) is 18.3 Å². The maximum Gasteiger partial charge on any atom is 0.227 e. The van der Waals surface area contributed by atoms with Crippen LogP contribution in [0.2, 0.25) is 18.1 Å². The van der Waals surface area contributed by atoms with Crippen molar-refractivity contribution in [2.75, 3.05) is 23.9 Å². The van der Waals surface area contributed by atoms with E-state index in [1.54, 1.807) is 4.90 Å². The number of anilines is 2. The van der Waals surface area contributed by atoms with Gasteiger partial charge in [-0.2, -0.15) is 0 Å². The maximum atomic E-state index is 12.0. The number of hydrogen-bond donors (Lipinski definition) is 1. The lowest BCUT2D eigenvalue weighted by molar-refractivity contribution is -0.118. The molecule has 1 aromatic heterocycles. The molecule has 0 saturated carbocycles. The van der Waals surface area contributed by atoms with Gasteiger partial charge in [-0.1, -0.05) is 40.7 Å². The molecule has 32 heavy (non-hydrogen) atoms. The van der Waals surface area contributed by atoms with E-state index in [1.165, 1.54) is 5.56 Å². The summed E-state index contributed by atoms with van der Waals surface area (Å²) in [6.45, 7) is 16.6. The van der Waals surface area contributed by atoms with Crippen molar-refractivity contribution in [1.29, 1.82) is 0 Å². The lowest BCUT2D eigenvalue weighted by Gasteiger charge is -2.38. The zero-order valence-electron chi connectivity index (χ0n) is 21.0. The molecule has 1 aliphatic rings. The number of pyridine rings is 1. The van der Waals surface area contributed by atoms with E-state index in [0.717, 1.165) is 28.9 Å². The van der Waals surface area contributed by atoms with Crippen LogP contribution in [-0.4, -0.2) is 38.9 Å². The van der Waals surface area contributed by atoms with Crippen molar-refractivity contribution >= 4 is 25.6 Å². The number of amides is 1. The Morgan fingerprint density at radius 3 is 2.50 bits per heavy atom. The Bertz CT molecular complexity index is 966. The first-order valence-corrected chi connectivity index (χ1v) is 14.6. The van der Waals surface area contributed by atoms with Gasteiger partial charge in [0, 0.05) is 37.1 Å². The Labute approximate surface area is 194 Å². The quantitative estimate of drug-likeness (QED) is 0.513. The molecule has 0 saturated heterocycles. The van der Waals surface area contributed by atoms with Crippen LogP contribution < -0.4 is 10.2 Å². The number of benzene rings is 1. The van der Waals surface area contributed by atoms with Gasteiger partial charge in [-0.3, -0.25) is 9.78 Å². The molecule has 0 aliphatic carbocycles. The summed E-state index contributed by atoms with van der Waals surface area (Å²) in [6.07, 6.45) is 5.15. The van der Waals surface area contributed by atoms with Crippen LogP contribution in [0.3, 0.4) is 0 Å². The molecule has 2 aromatic rings. The van der Waals surface area contributed by atoms with Crippen LogP contribution in [0.4, 0.5) is 11.4 Å². The largest absolute Gasteiger partial charge is 0.415 e. The summed E-state index contributed by atoms with van der Waals surface area (Å²) in [7, 11) is 0.0486. The number of carbonyl (C=O) groups is 1. The number of rotatable bonds is 7. The highest BCUT2D eigenvalue weighted by Crippen LogP contribution is 2.37. The minimum atomic E-state index is -1.80. The highest BCUT2D eigenvalue weighted by molar-refractivity contribution is 6.74. The van der Waals surface area contributed by atoms with E-state index in [2.05, 4.69) is 76.2 Å². The van der Waals surface area contributed by atoms with Gasteiger partial charge in [0.2, 0.25) is 5.91 Å². The zero-order valence-corrected chi connectivity index (χ0v) is 22.0. The van der Waals surface area contributed by atoms with Gasteiger partial charge in [-0.15, -0.1) is 0 Å². The molecule has 1 N–H and O–H groups in total. The van der Waals surface area contributed by atoms with Gasteiger partial charge < -0.3 is 14.6 Å².